The molecule has 0 fully saturated rings. The summed E-state index contributed by atoms with van der Waals surface area (Å²) >= 11 is 0. The molecule has 19 heavy (non-hydrogen) atoms. The Balaban J connectivity index is 2.49. The van der Waals surface area contributed by atoms with Gasteiger partial charge in [0.1, 0.15) is 0 Å². The molecule has 0 saturated carbocycles. The van der Waals surface area contributed by atoms with Gasteiger partial charge in [0.25, 0.3) is 0 Å². The molecule has 0 aliphatic heterocycles. The Bertz CT molecular complexity index is 377. The molecule has 0 aromatic heterocycles. The fourth-order valence-electron chi connectivity index (χ4n) is 2.10. The summed E-state index contributed by atoms with van der Waals surface area (Å²) in [7, 11) is 2.01. The van der Waals surface area contributed by atoms with Crippen LogP contribution < -0.4 is 10.6 Å². The number of benzene rings is 1. The maximum Gasteiger partial charge on any atom is 0.0208 e. The maximum absolute atomic E-state index is 3.55. The van der Waals surface area contributed by atoms with E-state index in [1.54, 1.807) is 0 Å². The molecular weight excluding hydrogens is 232 g/mol. The first kappa shape index (κ1) is 16.2. The van der Waals surface area contributed by atoms with Gasteiger partial charge in [0, 0.05) is 6.54 Å². The number of hydrogen-bond donors (Lipinski definition) is 2. The molecule has 0 heterocycles. The Labute approximate surface area is 119 Å². The van der Waals surface area contributed by atoms with Crippen molar-refractivity contribution in [1.82, 2.24) is 10.6 Å². The lowest BCUT2D eigenvalue weighted by Gasteiger charge is -2.21. The van der Waals surface area contributed by atoms with Gasteiger partial charge in [-0.25, -0.2) is 0 Å². The highest BCUT2D eigenvalue weighted by molar-refractivity contribution is 5.34. The van der Waals surface area contributed by atoms with E-state index >= 15 is 0 Å². The summed E-state index contributed by atoms with van der Waals surface area (Å²) in [6.45, 7) is 12.2. The molecule has 0 radical (unpaired) electrons. The monoisotopic (exact) mass is 262 g/mol. The average Bonchev–Trinajstić information content (AvgIpc) is 2.34. The topological polar surface area (TPSA) is 24.1 Å². The normalized spacial score (nSPS) is 11.8. The van der Waals surface area contributed by atoms with Crippen molar-refractivity contribution in [1.29, 1.82) is 0 Å². The second-order valence-corrected chi connectivity index (χ2v) is 6.38. The molecule has 1 aromatic carbocycles. The van der Waals surface area contributed by atoms with E-state index < -0.39 is 0 Å². The van der Waals surface area contributed by atoms with E-state index in [0.29, 0.717) is 0 Å². The Morgan fingerprint density at radius 1 is 1.05 bits per heavy atom. The molecule has 108 valence electrons. The Morgan fingerprint density at radius 2 is 1.74 bits per heavy atom. The first-order valence-corrected chi connectivity index (χ1v) is 7.40. The van der Waals surface area contributed by atoms with Crippen LogP contribution in [0.4, 0.5) is 0 Å². The average molecular weight is 262 g/mol. The van der Waals surface area contributed by atoms with Crippen LogP contribution >= 0.6 is 0 Å². The first-order valence-electron chi connectivity index (χ1n) is 7.40. The number of rotatable bonds is 7. The van der Waals surface area contributed by atoms with E-state index in [1.807, 2.05) is 7.05 Å². The lowest BCUT2D eigenvalue weighted by atomic mass is 9.85. The van der Waals surface area contributed by atoms with Gasteiger partial charge >= 0.3 is 0 Å². The van der Waals surface area contributed by atoms with Crippen molar-refractivity contribution in [3.8, 4) is 0 Å². The fourth-order valence-corrected chi connectivity index (χ4v) is 2.10. The Kier molecular flexibility index (Phi) is 6.53. The highest BCUT2D eigenvalue weighted by Crippen LogP contribution is 2.24. The molecule has 0 amide bonds. The first-order chi connectivity index (χ1) is 8.95. The fraction of sp³-hybridized carbons (Fsp3) is 0.647. The van der Waals surface area contributed by atoms with E-state index in [4.69, 9.17) is 0 Å². The second kappa shape index (κ2) is 7.66. The van der Waals surface area contributed by atoms with Crippen LogP contribution in [-0.4, -0.2) is 20.1 Å². The minimum Gasteiger partial charge on any atom is -0.320 e. The number of hydrogen-bond acceptors (Lipinski definition) is 2. The molecule has 0 aliphatic carbocycles. The minimum absolute atomic E-state index is 0.231. The molecule has 0 bridgehead atoms. The summed E-state index contributed by atoms with van der Waals surface area (Å²) in [4.78, 5) is 0. The van der Waals surface area contributed by atoms with Gasteiger partial charge < -0.3 is 10.6 Å². The van der Waals surface area contributed by atoms with Gasteiger partial charge in [-0.05, 0) is 62.0 Å². The van der Waals surface area contributed by atoms with Gasteiger partial charge in [0.15, 0.2) is 0 Å². The van der Waals surface area contributed by atoms with Gasteiger partial charge in [-0.2, -0.15) is 0 Å². The SMILES string of the molecule is CNCCCCNCc1cc(C(C)(C)C)ccc1C. The molecule has 1 rings (SSSR count). The molecule has 2 nitrogen and oxygen atoms in total. The lowest BCUT2D eigenvalue weighted by molar-refractivity contribution is 0.584. The molecule has 0 atom stereocenters. The molecule has 2 N–H and O–H groups in total. The van der Waals surface area contributed by atoms with Crippen molar-refractivity contribution in [3.63, 3.8) is 0 Å². The smallest absolute Gasteiger partial charge is 0.0208 e. The van der Waals surface area contributed by atoms with Gasteiger partial charge in [-0.15, -0.1) is 0 Å². The van der Waals surface area contributed by atoms with Crippen molar-refractivity contribution in [3.05, 3.63) is 34.9 Å². The third kappa shape index (κ3) is 5.75. The van der Waals surface area contributed by atoms with E-state index in [2.05, 4.69) is 56.5 Å². The van der Waals surface area contributed by atoms with Crippen LogP contribution in [0.1, 0.15) is 50.3 Å². The number of nitrogens with one attached hydrogen (secondary N) is 2. The standard InChI is InChI=1S/C17H30N2/c1-14-8-9-16(17(2,3)4)12-15(14)13-19-11-7-6-10-18-5/h8-9,12,18-19H,6-7,10-11,13H2,1-5H3. The lowest BCUT2D eigenvalue weighted by Crippen LogP contribution is -2.18. The van der Waals surface area contributed by atoms with Crippen molar-refractivity contribution in [2.75, 3.05) is 20.1 Å². The highest BCUT2D eigenvalue weighted by Gasteiger charge is 2.14. The van der Waals surface area contributed by atoms with Gasteiger partial charge in [0.05, 0.1) is 0 Å². The zero-order valence-electron chi connectivity index (χ0n) is 13.3. The molecule has 0 aliphatic rings. The minimum atomic E-state index is 0.231. The number of aryl methyl sites for hydroxylation is 1. The van der Waals surface area contributed by atoms with E-state index in [9.17, 15) is 0 Å². The van der Waals surface area contributed by atoms with Crippen LogP contribution in [0, 0.1) is 6.92 Å². The Hall–Kier alpha value is -0.860. The van der Waals surface area contributed by atoms with Crippen LogP contribution in [0.2, 0.25) is 0 Å². The van der Waals surface area contributed by atoms with Crippen molar-refractivity contribution < 1.29 is 0 Å². The summed E-state index contributed by atoms with van der Waals surface area (Å²) < 4.78 is 0. The molecule has 0 spiro atoms. The van der Waals surface area contributed by atoms with E-state index in [1.165, 1.54) is 29.5 Å². The second-order valence-electron chi connectivity index (χ2n) is 6.38. The number of unbranched alkanes of at least 4 members (excludes halogenated alkanes) is 1. The predicted molar refractivity (Wildman–Crippen MR) is 84.7 cm³/mol. The third-order valence-electron chi connectivity index (χ3n) is 3.56. The van der Waals surface area contributed by atoms with Crippen molar-refractivity contribution >= 4 is 0 Å². The van der Waals surface area contributed by atoms with Crippen LogP contribution in [0.15, 0.2) is 18.2 Å². The highest BCUT2D eigenvalue weighted by atomic mass is 14.8. The van der Waals surface area contributed by atoms with Crippen LogP contribution in [0.3, 0.4) is 0 Å². The Morgan fingerprint density at radius 3 is 2.37 bits per heavy atom. The molecule has 0 saturated heterocycles. The quantitative estimate of drug-likeness (QED) is 0.736. The van der Waals surface area contributed by atoms with E-state index in [-0.39, 0.29) is 5.41 Å². The van der Waals surface area contributed by atoms with E-state index in [0.717, 1.165) is 19.6 Å². The summed E-state index contributed by atoms with van der Waals surface area (Å²) in [5.74, 6) is 0. The zero-order chi connectivity index (χ0) is 14.3. The summed E-state index contributed by atoms with van der Waals surface area (Å²) in [6, 6.07) is 6.86. The summed E-state index contributed by atoms with van der Waals surface area (Å²) in [6.07, 6.45) is 2.48. The largest absolute Gasteiger partial charge is 0.320 e. The van der Waals surface area contributed by atoms with Crippen LogP contribution in [-0.2, 0) is 12.0 Å². The van der Waals surface area contributed by atoms with Crippen LogP contribution in [0.5, 0.6) is 0 Å². The molecule has 2 heteroatoms. The molecule has 1 aromatic rings. The van der Waals surface area contributed by atoms with Gasteiger partial charge in [-0.1, -0.05) is 39.0 Å². The predicted octanol–water partition coefficient (Wildman–Crippen LogP) is 3.38. The third-order valence-corrected chi connectivity index (χ3v) is 3.56. The maximum atomic E-state index is 3.55. The summed E-state index contributed by atoms with van der Waals surface area (Å²) in [5, 5.41) is 6.73. The molecular formula is C17H30N2. The van der Waals surface area contributed by atoms with Crippen LogP contribution in [0.25, 0.3) is 0 Å². The molecule has 0 unspecified atom stereocenters. The zero-order valence-corrected chi connectivity index (χ0v) is 13.3. The summed E-state index contributed by atoms with van der Waals surface area (Å²) in [5.41, 5.74) is 4.47. The van der Waals surface area contributed by atoms with Crippen molar-refractivity contribution in [2.24, 2.45) is 0 Å². The van der Waals surface area contributed by atoms with Gasteiger partial charge in [-0.3, -0.25) is 0 Å². The van der Waals surface area contributed by atoms with Gasteiger partial charge in [0.2, 0.25) is 0 Å². The van der Waals surface area contributed by atoms with Crippen molar-refractivity contribution in [2.45, 2.75) is 52.5 Å².